The monoisotopic (exact) mass is 210 g/mol. The number of rotatable bonds is 3. The second kappa shape index (κ2) is 4.38. The van der Waals surface area contributed by atoms with Gasteiger partial charge in [-0.05, 0) is 13.3 Å². The summed E-state index contributed by atoms with van der Waals surface area (Å²) in [5.41, 5.74) is 0. The third-order valence-electron chi connectivity index (χ3n) is 2.53. The van der Waals surface area contributed by atoms with Crippen molar-refractivity contribution in [3.63, 3.8) is 0 Å². The van der Waals surface area contributed by atoms with E-state index in [1.165, 1.54) is 13.0 Å². The summed E-state index contributed by atoms with van der Waals surface area (Å²) in [7, 11) is 0. The quantitative estimate of drug-likeness (QED) is 0.519. The fourth-order valence-electron chi connectivity index (χ4n) is 1.35. The average Bonchev–Trinajstić information content (AvgIpc) is 2.14. The van der Waals surface area contributed by atoms with Crippen molar-refractivity contribution in [2.24, 2.45) is 11.8 Å². The van der Waals surface area contributed by atoms with Gasteiger partial charge in [0.1, 0.15) is 5.76 Å². The molecule has 1 aliphatic rings. The van der Waals surface area contributed by atoms with Crippen molar-refractivity contribution < 1.29 is 19.1 Å². The lowest BCUT2D eigenvalue weighted by Gasteiger charge is -2.21. The van der Waals surface area contributed by atoms with Gasteiger partial charge >= 0.3 is 5.97 Å². The van der Waals surface area contributed by atoms with Crippen LogP contribution < -0.4 is 0 Å². The molecule has 1 heterocycles. The number of allylic oxidation sites excluding steroid dienone is 2. The first-order valence-corrected chi connectivity index (χ1v) is 4.95. The lowest BCUT2D eigenvalue weighted by Crippen LogP contribution is -2.35. The van der Waals surface area contributed by atoms with Gasteiger partial charge in [-0.3, -0.25) is 14.4 Å². The molecule has 0 saturated heterocycles. The van der Waals surface area contributed by atoms with E-state index in [9.17, 15) is 14.4 Å². The first-order chi connectivity index (χ1) is 6.97. The van der Waals surface area contributed by atoms with Gasteiger partial charge in [-0.15, -0.1) is 0 Å². The lowest BCUT2D eigenvalue weighted by atomic mass is 9.94. The molecule has 0 radical (unpaired) electrons. The summed E-state index contributed by atoms with van der Waals surface area (Å²) in [6.07, 6.45) is 2.04. The van der Waals surface area contributed by atoms with Crippen molar-refractivity contribution in [3.05, 3.63) is 11.8 Å². The molecule has 0 aromatic rings. The van der Waals surface area contributed by atoms with E-state index in [0.717, 1.165) is 6.42 Å². The minimum absolute atomic E-state index is 0.0193. The molecule has 0 fully saturated rings. The normalized spacial score (nSPS) is 23.1. The van der Waals surface area contributed by atoms with Gasteiger partial charge in [0.2, 0.25) is 0 Å². The molecular formula is C11H14O4. The standard InChI is InChI=1S/C11H14O4/c1-4-6(2)9-5-8(13)10(7(3)12)11(14)15-9/h5-6,10H,4H2,1-3H3. The largest absolute Gasteiger partial charge is 0.430 e. The van der Waals surface area contributed by atoms with Crippen LogP contribution in [0.3, 0.4) is 0 Å². The molecule has 0 aromatic carbocycles. The van der Waals surface area contributed by atoms with Gasteiger partial charge in [0.15, 0.2) is 17.5 Å². The van der Waals surface area contributed by atoms with Gasteiger partial charge < -0.3 is 4.74 Å². The van der Waals surface area contributed by atoms with Crippen LogP contribution in [-0.2, 0) is 19.1 Å². The number of hydrogen-bond donors (Lipinski definition) is 0. The number of esters is 1. The third-order valence-corrected chi connectivity index (χ3v) is 2.53. The van der Waals surface area contributed by atoms with E-state index in [-0.39, 0.29) is 5.92 Å². The zero-order valence-electron chi connectivity index (χ0n) is 9.07. The van der Waals surface area contributed by atoms with Gasteiger partial charge in [0.25, 0.3) is 0 Å². The molecule has 0 spiro atoms. The molecule has 4 nitrogen and oxygen atoms in total. The number of ether oxygens (including phenoxy) is 1. The second-order valence-corrected chi connectivity index (χ2v) is 3.72. The molecule has 15 heavy (non-hydrogen) atoms. The topological polar surface area (TPSA) is 60.4 Å². The summed E-state index contributed by atoms with van der Waals surface area (Å²) in [5.74, 6) is -2.54. The summed E-state index contributed by atoms with van der Waals surface area (Å²) in [4.78, 5) is 33.9. The molecule has 4 heteroatoms. The van der Waals surface area contributed by atoms with Crippen LogP contribution in [0.2, 0.25) is 0 Å². The lowest BCUT2D eigenvalue weighted by molar-refractivity contribution is -0.153. The fourth-order valence-corrected chi connectivity index (χ4v) is 1.35. The molecule has 2 atom stereocenters. The maximum Gasteiger partial charge on any atom is 0.329 e. The number of hydrogen-bond acceptors (Lipinski definition) is 4. The van der Waals surface area contributed by atoms with Crippen LogP contribution >= 0.6 is 0 Å². The van der Waals surface area contributed by atoms with Gasteiger partial charge in [-0.1, -0.05) is 13.8 Å². The zero-order chi connectivity index (χ0) is 11.6. The number of Topliss-reactive ketones (excluding diaryl/α,β-unsaturated/α-hetero) is 1. The van der Waals surface area contributed by atoms with Crippen LogP contribution in [0.25, 0.3) is 0 Å². The van der Waals surface area contributed by atoms with Crippen molar-refractivity contribution in [2.75, 3.05) is 0 Å². The van der Waals surface area contributed by atoms with Crippen molar-refractivity contribution in [1.29, 1.82) is 0 Å². The number of carbonyl (C=O) groups is 3. The summed E-state index contributed by atoms with van der Waals surface area (Å²) in [5, 5.41) is 0. The Bertz CT molecular complexity index is 340. The molecule has 0 N–H and O–H groups in total. The van der Waals surface area contributed by atoms with Crippen molar-refractivity contribution in [1.82, 2.24) is 0 Å². The highest BCUT2D eigenvalue weighted by molar-refractivity contribution is 6.21. The number of carbonyl (C=O) groups excluding carboxylic acids is 3. The van der Waals surface area contributed by atoms with E-state index < -0.39 is 23.5 Å². The fraction of sp³-hybridized carbons (Fsp3) is 0.545. The van der Waals surface area contributed by atoms with Crippen LogP contribution in [0.15, 0.2) is 11.8 Å². The highest BCUT2D eigenvalue weighted by atomic mass is 16.5. The van der Waals surface area contributed by atoms with Crippen LogP contribution in [0.5, 0.6) is 0 Å². The molecule has 1 rings (SSSR count). The molecule has 0 aromatic heterocycles. The Morgan fingerprint density at radius 1 is 1.53 bits per heavy atom. The van der Waals surface area contributed by atoms with Crippen molar-refractivity contribution >= 4 is 17.5 Å². The SMILES string of the molecule is CCC(C)C1=CC(=O)C(C(C)=O)C(=O)O1. The van der Waals surface area contributed by atoms with Crippen molar-refractivity contribution in [2.45, 2.75) is 27.2 Å². The molecular weight excluding hydrogens is 196 g/mol. The Balaban J connectivity index is 2.95. The Morgan fingerprint density at radius 2 is 2.13 bits per heavy atom. The minimum atomic E-state index is -1.25. The predicted molar refractivity (Wildman–Crippen MR) is 52.8 cm³/mol. The number of cyclic esters (lactones) is 1. The molecule has 0 saturated carbocycles. The molecule has 0 aliphatic carbocycles. The van der Waals surface area contributed by atoms with Crippen LogP contribution in [-0.4, -0.2) is 17.5 Å². The molecule has 0 amide bonds. The maximum absolute atomic E-state index is 11.5. The Hall–Kier alpha value is -1.45. The third kappa shape index (κ3) is 2.32. The highest BCUT2D eigenvalue weighted by Crippen LogP contribution is 2.23. The van der Waals surface area contributed by atoms with Gasteiger partial charge in [0, 0.05) is 12.0 Å². The molecule has 1 aliphatic heterocycles. The Morgan fingerprint density at radius 3 is 2.53 bits per heavy atom. The van der Waals surface area contributed by atoms with E-state index in [2.05, 4.69) is 0 Å². The second-order valence-electron chi connectivity index (χ2n) is 3.72. The van der Waals surface area contributed by atoms with Gasteiger partial charge in [-0.25, -0.2) is 0 Å². The van der Waals surface area contributed by atoms with Crippen molar-refractivity contribution in [3.8, 4) is 0 Å². The van der Waals surface area contributed by atoms with Gasteiger partial charge in [0.05, 0.1) is 0 Å². The van der Waals surface area contributed by atoms with E-state index in [4.69, 9.17) is 4.74 Å². The molecule has 0 bridgehead atoms. The summed E-state index contributed by atoms with van der Waals surface area (Å²) in [6, 6.07) is 0. The van der Waals surface area contributed by atoms with E-state index in [1.54, 1.807) is 0 Å². The van der Waals surface area contributed by atoms with Crippen LogP contribution in [0.1, 0.15) is 27.2 Å². The van der Waals surface area contributed by atoms with E-state index in [1.807, 2.05) is 13.8 Å². The zero-order valence-corrected chi connectivity index (χ0v) is 9.07. The first-order valence-electron chi connectivity index (χ1n) is 4.95. The minimum Gasteiger partial charge on any atom is -0.430 e. The van der Waals surface area contributed by atoms with E-state index >= 15 is 0 Å². The summed E-state index contributed by atoms with van der Waals surface area (Å²) >= 11 is 0. The first kappa shape index (κ1) is 11.6. The highest BCUT2D eigenvalue weighted by Gasteiger charge is 2.36. The average molecular weight is 210 g/mol. The van der Waals surface area contributed by atoms with E-state index in [0.29, 0.717) is 5.76 Å². The predicted octanol–water partition coefficient (Wildman–Crippen LogP) is 1.25. The smallest absolute Gasteiger partial charge is 0.329 e. The van der Waals surface area contributed by atoms with Crippen LogP contribution in [0, 0.1) is 11.8 Å². The summed E-state index contributed by atoms with van der Waals surface area (Å²) < 4.78 is 4.96. The maximum atomic E-state index is 11.5. The number of ketones is 2. The Labute approximate surface area is 88.3 Å². The van der Waals surface area contributed by atoms with Crippen LogP contribution in [0.4, 0.5) is 0 Å². The van der Waals surface area contributed by atoms with Gasteiger partial charge in [-0.2, -0.15) is 0 Å². The molecule has 82 valence electrons. The Kier molecular flexibility index (Phi) is 3.39. The molecule has 2 unspecified atom stereocenters. The summed E-state index contributed by atoms with van der Waals surface area (Å²) in [6.45, 7) is 5.01.